The van der Waals surface area contributed by atoms with Gasteiger partial charge in [-0.1, -0.05) is 12.1 Å². The van der Waals surface area contributed by atoms with Gasteiger partial charge in [0, 0.05) is 5.56 Å². The molecular formula is C16H18N2O4. The van der Waals surface area contributed by atoms with Gasteiger partial charge < -0.3 is 9.15 Å². The molecule has 6 nitrogen and oxygen atoms in total. The summed E-state index contributed by atoms with van der Waals surface area (Å²) in [6.07, 6.45) is 1.54. The molecule has 0 aliphatic rings. The summed E-state index contributed by atoms with van der Waals surface area (Å²) in [6.45, 7) is 4.42. The lowest BCUT2D eigenvalue weighted by molar-refractivity contribution is 0.0656. The van der Waals surface area contributed by atoms with Crippen molar-refractivity contribution >= 4 is 11.8 Å². The standard InChI is InChI=1S/C16H18N2O4/c1-11(2)22-10-12-5-7-13(8-6-12)15(19)17-18-16(20)14-4-3-9-21-14/h3-9,11H,10H2,1-2H3,(H,17,19)(H,18,20). The van der Waals surface area contributed by atoms with E-state index < -0.39 is 11.8 Å². The molecule has 6 heteroatoms. The Morgan fingerprint density at radius 3 is 2.36 bits per heavy atom. The zero-order valence-corrected chi connectivity index (χ0v) is 12.5. The van der Waals surface area contributed by atoms with Gasteiger partial charge in [0.1, 0.15) is 0 Å². The second-order valence-electron chi connectivity index (χ2n) is 4.94. The van der Waals surface area contributed by atoms with Crippen LogP contribution in [-0.2, 0) is 11.3 Å². The minimum absolute atomic E-state index is 0.126. The molecule has 0 saturated heterocycles. The van der Waals surface area contributed by atoms with Crippen molar-refractivity contribution in [3.8, 4) is 0 Å². The van der Waals surface area contributed by atoms with Crippen molar-refractivity contribution in [2.24, 2.45) is 0 Å². The highest BCUT2D eigenvalue weighted by Gasteiger charge is 2.10. The van der Waals surface area contributed by atoms with E-state index in [0.29, 0.717) is 12.2 Å². The van der Waals surface area contributed by atoms with Gasteiger partial charge in [0.15, 0.2) is 5.76 Å². The Hall–Kier alpha value is -2.60. The van der Waals surface area contributed by atoms with E-state index in [0.717, 1.165) is 5.56 Å². The molecule has 0 aliphatic carbocycles. The number of furan rings is 1. The Bertz CT molecular complexity index is 618. The van der Waals surface area contributed by atoms with Crippen LogP contribution < -0.4 is 10.9 Å². The monoisotopic (exact) mass is 302 g/mol. The second-order valence-corrected chi connectivity index (χ2v) is 4.94. The molecule has 2 N–H and O–H groups in total. The molecule has 1 heterocycles. The third kappa shape index (κ3) is 4.46. The Morgan fingerprint density at radius 1 is 1.09 bits per heavy atom. The highest BCUT2D eigenvalue weighted by atomic mass is 16.5. The van der Waals surface area contributed by atoms with Gasteiger partial charge in [-0.15, -0.1) is 0 Å². The van der Waals surface area contributed by atoms with Gasteiger partial charge in [-0.25, -0.2) is 0 Å². The van der Waals surface area contributed by atoms with Crippen molar-refractivity contribution in [2.45, 2.75) is 26.6 Å². The third-order valence-corrected chi connectivity index (χ3v) is 2.83. The molecular weight excluding hydrogens is 284 g/mol. The molecule has 0 atom stereocenters. The minimum atomic E-state index is -0.514. The van der Waals surface area contributed by atoms with Gasteiger partial charge in [0.05, 0.1) is 19.0 Å². The lowest BCUT2D eigenvalue weighted by Crippen LogP contribution is -2.41. The third-order valence-electron chi connectivity index (χ3n) is 2.83. The number of nitrogens with one attached hydrogen (secondary N) is 2. The van der Waals surface area contributed by atoms with Crippen LogP contribution in [0.4, 0.5) is 0 Å². The number of benzene rings is 1. The highest BCUT2D eigenvalue weighted by Crippen LogP contribution is 2.07. The van der Waals surface area contributed by atoms with Crippen molar-refractivity contribution in [2.75, 3.05) is 0 Å². The normalized spacial score (nSPS) is 10.5. The average molecular weight is 302 g/mol. The number of hydrogen-bond donors (Lipinski definition) is 2. The van der Waals surface area contributed by atoms with Crippen molar-refractivity contribution in [1.82, 2.24) is 10.9 Å². The van der Waals surface area contributed by atoms with E-state index in [4.69, 9.17) is 9.15 Å². The maximum Gasteiger partial charge on any atom is 0.305 e. The van der Waals surface area contributed by atoms with Gasteiger partial charge in [-0.3, -0.25) is 20.4 Å². The first-order valence-corrected chi connectivity index (χ1v) is 6.91. The first-order valence-electron chi connectivity index (χ1n) is 6.91. The van der Waals surface area contributed by atoms with E-state index in [1.165, 1.54) is 12.3 Å². The number of ether oxygens (including phenoxy) is 1. The van der Waals surface area contributed by atoms with E-state index in [-0.39, 0.29) is 11.9 Å². The van der Waals surface area contributed by atoms with Crippen LogP contribution in [0.3, 0.4) is 0 Å². The maximum absolute atomic E-state index is 11.9. The van der Waals surface area contributed by atoms with Crippen LogP contribution in [0.15, 0.2) is 47.1 Å². The van der Waals surface area contributed by atoms with Crippen LogP contribution in [0.25, 0.3) is 0 Å². The van der Waals surface area contributed by atoms with Crippen molar-refractivity contribution in [3.05, 3.63) is 59.5 Å². The van der Waals surface area contributed by atoms with Crippen molar-refractivity contribution in [1.29, 1.82) is 0 Å². The summed E-state index contributed by atoms with van der Waals surface area (Å²) >= 11 is 0. The second kappa shape index (κ2) is 7.42. The fraction of sp³-hybridized carbons (Fsp3) is 0.250. The molecule has 0 aliphatic heterocycles. The van der Waals surface area contributed by atoms with Gasteiger partial charge in [-0.05, 0) is 43.7 Å². The lowest BCUT2D eigenvalue weighted by Gasteiger charge is -2.09. The number of hydrazine groups is 1. The predicted molar refractivity (Wildman–Crippen MR) is 80.0 cm³/mol. The van der Waals surface area contributed by atoms with E-state index >= 15 is 0 Å². The molecule has 2 rings (SSSR count). The van der Waals surface area contributed by atoms with Crippen LogP contribution in [0.5, 0.6) is 0 Å². The predicted octanol–water partition coefficient (Wildman–Crippen LogP) is 2.28. The number of hydrogen-bond acceptors (Lipinski definition) is 4. The highest BCUT2D eigenvalue weighted by molar-refractivity contribution is 5.97. The number of carbonyl (C=O) groups is 2. The summed E-state index contributed by atoms with van der Waals surface area (Å²) in [5.74, 6) is -0.794. The van der Waals surface area contributed by atoms with Crippen LogP contribution in [0.2, 0.25) is 0 Å². The summed E-state index contributed by atoms with van der Waals surface area (Å²) < 4.78 is 10.4. The molecule has 0 spiro atoms. The average Bonchev–Trinajstić information content (AvgIpc) is 3.05. The summed E-state index contributed by atoms with van der Waals surface area (Å²) in [4.78, 5) is 23.5. The molecule has 0 radical (unpaired) electrons. The molecule has 1 aromatic carbocycles. The van der Waals surface area contributed by atoms with Gasteiger partial charge in [0.2, 0.25) is 0 Å². The van der Waals surface area contributed by atoms with Crippen molar-refractivity contribution in [3.63, 3.8) is 0 Å². The quantitative estimate of drug-likeness (QED) is 0.830. The number of amides is 2. The fourth-order valence-electron chi connectivity index (χ4n) is 1.67. The lowest BCUT2D eigenvalue weighted by atomic mass is 10.1. The molecule has 116 valence electrons. The summed E-state index contributed by atoms with van der Waals surface area (Å²) in [5.41, 5.74) is 6.02. The van der Waals surface area contributed by atoms with E-state index in [1.807, 2.05) is 26.0 Å². The largest absolute Gasteiger partial charge is 0.459 e. The van der Waals surface area contributed by atoms with E-state index in [1.54, 1.807) is 18.2 Å². The number of carbonyl (C=O) groups excluding carboxylic acids is 2. The topological polar surface area (TPSA) is 80.6 Å². The molecule has 2 aromatic rings. The fourth-order valence-corrected chi connectivity index (χ4v) is 1.67. The molecule has 0 saturated carbocycles. The van der Waals surface area contributed by atoms with E-state index in [9.17, 15) is 9.59 Å². The summed E-state index contributed by atoms with van der Waals surface area (Å²) in [7, 11) is 0. The molecule has 22 heavy (non-hydrogen) atoms. The SMILES string of the molecule is CC(C)OCc1ccc(C(=O)NNC(=O)c2ccco2)cc1. The van der Waals surface area contributed by atoms with Gasteiger partial charge in [-0.2, -0.15) is 0 Å². The molecule has 0 unspecified atom stereocenters. The van der Waals surface area contributed by atoms with Crippen LogP contribution in [-0.4, -0.2) is 17.9 Å². The molecule has 2 amide bonds. The maximum atomic E-state index is 11.9. The zero-order chi connectivity index (χ0) is 15.9. The van der Waals surface area contributed by atoms with Gasteiger partial charge >= 0.3 is 5.91 Å². The van der Waals surface area contributed by atoms with Crippen LogP contribution in [0.1, 0.15) is 40.3 Å². The Morgan fingerprint density at radius 2 is 1.77 bits per heavy atom. The van der Waals surface area contributed by atoms with Crippen molar-refractivity contribution < 1.29 is 18.7 Å². The Balaban J connectivity index is 1.86. The number of rotatable bonds is 5. The first-order chi connectivity index (χ1) is 10.6. The Labute approximate surface area is 128 Å². The molecule has 1 aromatic heterocycles. The summed E-state index contributed by atoms with van der Waals surface area (Å²) in [6, 6.07) is 10.1. The smallest absolute Gasteiger partial charge is 0.305 e. The summed E-state index contributed by atoms with van der Waals surface area (Å²) in [5, 5.41) is 0. The van der Waals surface area contributed by atoms with Gasteiger partial charge in [0.25, 0.3) is 5.91 Å². The van der Waals surface area contributed by atoms with E-state index in [2.05, 4.69) is 10.9 Å². The zero-order valence-electron chi connectivity index (χ0n) is 12.5. The van der Waals surface area contributed by atoms with Crippen LogP contribution >= 0.6 is 0 Å². The Kier molecular flexibility index (Phi) is 5.32. The van der Waals surface area contributed by atoms with Crippen LogP contribution in [0, 0.1) is 0 Å². The molecule has 0 fully saturated rings. The molecule has 0 bridgehead atoms. The first kappa shape index (κ1) is 15.8. The minimum Gasteiger partial charge on any atom is -0.459 e.